The largest absolute Gasteiger partial charge is 0.395 e. The molecule has 1 aromatic rings. The Morgan fingerprint density at radius 3 is 2.69 bits per heavy atom. The lowest BCUT2D eigenvalue weighted by atomic mass is 10.1. The fourth-order valence-electron chi connectivity index (χ4n) is 1.69. The Hall–Kier alpha value is -1.01. The molecule has 0 unspecified atom stereocenters. The van der Waals surface area contributed by atoms with Crippen molar-refractivity contribution in [3.8, 4) is 0 Å². The van der Waals surface area contributed by atoms with Crippen LogP contribution in [0.15, 0.2) is 6.20 Å². The summed E-state index contributed by atoms with van der Waals surface area (Å²) < 4.78 is 7.75. The van der Waals surface area contributed by atoms with Crippen molar-refractivity contribution < 1.29 is 9.90 Å². The lowest BCUT2D eigenvalue weighted by molar-refractivity contribution is 0.0617. The summed E-state index contributed by atoms with van der Waals surface area (Å²) in [5.74, 6) is -0.142. The molecule has 0 spiro atoms. The van der Waals surface area contributed by atoms with Gasteiger partial charge in [-0.3, -0.25) is 4.79 Å². The van der Waals surface area contributed by atoms with Gasteiger partial charge in [0.1, 0.15) is 0 Å². The van der Waals surface area contributed by atoms with E-state index in [9.17, 15) is 4.79 Å². The normalized spacial score (nSPS) is 10.8. The lowest BCUT2D eigenvalue weighted by Crippen LogP contribution is -2.41. The lowest BCUT2D eigenvalue weighted by Gasteiger charge is -2.29. The number of amides is 1. The van der Waals surface area contributed by atoms with E-state index >= 15 is 0 Å². The molecule has 6 heteroatoms. The average Bonchev–Trinajstić information content (AvgIpc) is 2.82. The van der Waals surface area contributed by atoms with Crippen LogP contribution in [0.25, 0.3) is 0 Å². The summed E-state index contributed by atoms with van der Waals surface area (Å²) in [4.78, 5) is 13.8. The number of aromatic nitrogens is 2. The topological polar surface area (TPSA) is 66.3 Å². The van der Waals surface area contributed by atoms with Crippen molar-refractivity contribution in [3.63, 3.8) is 0 Å². The number of aliphatic hydroxyl groups is 1. The van der Waals surface area contributed by atoms with Crippen LogP contribution < -0.4 is 0 Å². The van der Waals surface area contributed by atoms with Crippen molar-refractivity contribution in [2.75, 3.05) is 13.2 Å². The Bertz CT molecular complexity index is 312. The first kappa shape index (κ1) is 13.1. The Morgan fingerprint density at radius 1 is 1.56 bits per heavy atom. The summed E-state index contributed by atoms with van der Waals surface area (Å²) in [6.07, 6.45) is 3.22. The van der Waals surface area contributed by atoms with Crippen LogP contribution in [0, 0.1) is 0 Å². The first-order chi connectivity index (χ1) is 7.74. The summed E-state index contributed by atoms with van der Waals surface area (Å²) in [7, 11) is 0. The van der Waals surface area contributed by atoms with E-state index in [4.69, 9.17) is 5.11 Å². The van der Waals surface area contributed by atoms with Crippen LogP contribution in [0.4, 0.5) is 0 Å². The van der Waals surface area contributed by atoms with Crippen molar-refractivity contribution in [1.29, 1.82) is 0 Å². The molecule has 0 aromatic carbocycles. The number of carbonyl (C=O) groups is 1. The Balaban J connectivity index is 2.80. The first-order valence-electron chi connectivity index (χ1n) is 5.43. The fourth-order valence-corrected chi connectivity index (χ4v) is 2.10. The third-order valence-corrected chi connectivity index (χ3v) is 3.04. The molecule has 5 nitrogen and oxygen atoms in total. The average molecular weight is 243 g/mol. The molecule has 1 aromatic heterocycles. The maximum atomic E-state index is 12.1. The maximum absolute atomic E-state index is 12.1. The zero-order valence-corrected chi connectivity index (χ0v) is 10.4. The number of hydrogen-bond acceptors (Lipinski definition) is 5. The highest BCUT2D eigenvalue weighted by Crippen LogP contribution is 2.12. The van der Waals surface area contributed by atoms with Crippen molar-refractivity contribution in [2.24, 2.45) is 0 Å². The van der Waals surface area contributed by atoms with Crippen molar-refractivity contribution in [2.45, 2.75) is 32.7 Å². The summed E-state index contributed by atoms with van der Waals surface area (Å²) in [6.45, 7) is 4.39. The minimum Gasteiger partial charge on any atom is -0.395 e. The SMILES string of the molecule is CCC(CC)N(CCO)C(=O)c1cnsn1. The van der Waals surface area contributed by atoms with E-state index in [1.165, 1.54) is 6.20 Å². The van der Waals surface area contributed by atoms with Gasteiger partial charge in [0.25, 0.3) is 5.91 Å². The van der Waals surface area contributed by atoms with Crippen LogP contribution in [0.5, 0.6) is 0 Å². The quantitative estimate of drug-likeness (QED) is 0.814. The smallest absolute Gasteiger partial charge is 0.275 e. The number of hydrogen-bond donors (Lipinski definition) is 1. The highest BCUT2D eigenvalue weighted by molar-refractivity contribution is 6.99. The standard InChI is InChI=1S/C10H17N3O2S/c1-3-8(4-2)13(5-6-14)10(15)9-7-11-16-12-9/h7-8,14H,3-6H2,1-2H3. The molecule has 0 radical (unpaired) electrons. The molecule has 90 valence electrons. The fraction of sp³-hybridized carbons (Fsp3) is 0.700. The zero-order valence-electron chi connectivity index (χ0n) is 9.59. The molecule has 0 bridgehead atoms. The molecule has 0 atom stereocenters. The van der Waals surface area contributed by atoms with Gasteiger partial charge in [0.15, 0.2) is 5.69 Å². The van der Waals surface area contributed by atoms with E-state index < -0.39 is 0 Å². The van der Waals surface area contributed by atoms with E-state index in [2.05, 4.69) is 8.75 Å². The van der Waals surface area contributed by atoms with E-state index in [1.54, 1.807) is 4.90 Å². The summed E-state index contributed by atoms with van der Waals surface area (Å²) in [5, 5.41) is 9.00. The molecule has 0 aliphatic carbocycles. The molecule has 16 heavy (non-hydrogen) atoms. The van der Waals surface area contributed by atoms with Crippen LogP contribution in [0.1, 0.15) is 37.2 Å². The molecule has 0 aliphatic heterocycles. The summed E-state index contributed by atoms with van der Waals surface area (Å²) in [5.41, 5.74) is 0.366. The number of nitrogens with zero attached hydrogens (tertiary/aromatic N) is 3. The Kier molecular flexibility index (Phi) is 5.34. The van der Waals surface area contributed by atoms with Gasteiger partial charge in [0.05, 0.1) is 24.5 Å². The van der Waals surface area contributed by atoms with Gasteiger partial charge >= 0.3 is 0 Å². The van der Waals surface area contributed by atoms with E-state index in [-0.39, 0.29) is 18.6 Å². The highest BCUT2D eigenvalue weighted by atomic mass is 32.1. The molecule has 0 saturated carbocycles. The van der Waals surface area contributed by atoms with Gasteiger partial charge in [-0.1, -0.05) is 13.8 Å². The second-order valence-electron chi connectivity index (χ2n) is 3.49. The van der Waals surface area contributed by atoms with Crippen molar-refractivity contribution in [3.05, 3.63) is 11.9 Å². The highest BCUT2D eigenvalue weighted by Gasteiger charge is 2.23. The van der Waals surface area contributed by atoms with Crippen molar-refractivity contribution >= 4 is 17.6 Å². The molecule has 1 N–H and O–H groups in total. The summed E-state index contributed by atoms with van der Waals surface area (Å²) >= 11 is 1.02. The predicted octanol–water partition coefficient (Wildman–Crippen LogP) is 1.16. The van der Waals surface area contributed by atoms with Gasteiger partial charge in [-0.25, -0.2) is 0 Å². The van der Waals surface area contributed by atoms with Crippen LogP contribution >= 0.6 is 11.7 Å². The predicted molar refractivity (Wildman–Crippen MR) is 62.4 cm³/mol. The molecule has 0 fully saturated rings. The minimum atomic E-state index is -0.142. The number of carbonyl (C=O) groups excluding carboxylic acids is 1. The van der Waals surface area contributed by atoms with Crippen LogP contribution in [-0.2, 0) is 0 Å². The second kappa shape index (κ2) is 6.55. The number of rotatable bonds is 6. The van der Waals surface area contributed by atoms with Crippen LogP contribution in [0.2, 0.25) is 0 Å². The van der Waals surface area contributed by atoms with Gasteiger partial charge in [0.2, 0.25) is 0 Å². The molecule has 1 rings (SSSR count). The maximum Gasteiger partial charge on any atom is 0.275 e. The van der Waals surface area contributed by atoms with E-state index in [0.717, 1.165) is 24.6 Å². The monoisotopic (exact) mass is 243 g/mol. The van der Waals surface area contributed by atoms with Gasteiger partial charge in [-0.05, 0) is 12.8 Å². The molecular weight excluding hydrogens is 226 g/mol. The van der Waals surface area contributed by atoms with Crippen LogP contribution in [-0.4, -0.2) is 43.9 Å². The van der Waals surface area contributed by atoms with Crippen molar-refractivity contribution in [1.82, 2.24) is 13.6 Å². The van der Waals surface area contributed by atoms with Gasteiger partial charge < -0.3 is 10.0 Å². The summed E-state index contributed by atoms with van der Waals surface area (Å²) in [6, 6.07) is 0.154. The molecule has 1 heterocycles. The van der Waals surface area contributed by atoms with E-state index in [1.807, 2.05) is 13.8 Å². The van der Waals surface area contributed by atoms with E-state index in [0.29, 0.717) is 12.2 Å². The Labute approximate surface area is 99.4 Å². The first-order valence-corrected chi connectivity index (χ1v) is 6.17. The molecular formula is C10H17N3O2S. The minimum absolute atomic E-state index is 0.0280. The van der Waals surface area contributed by atoms with Gasteiger partial charge in [-0.2, -0.15) is 8.75 Å². The zero-order chi connectivity index (χ0) is 12.0. The number of aliphatic hydroxyl groups excluding tert-OH is 1. The second-order valence-corrected chi connectivity index (χ2v) is 4.04. The third-order valence-electron chi connectivity index (χ3n) is 2.57. The molecule has 0 saturated heterocycles. The third kappa shape index (κ3) is 2.99. The van der Waals surface area contributed by atoms with Gasteiger partial charge in [-0.15, -0.1) is 0 Å². The Morgan fingerprint density at radius 2 is 2.25 bits per heavy atom. The molecule has 0 aliphatic rings. The van der Waals surface area contributed by atoms with Gasteiger partial charge in [0, 0.05) is 12.6 Å². The van der Waals surface area contributed by atoms with Crippen LogP contribution in [0.3, 0.4) is 0 Å². The molecule has 1 amide bonds.